The second kappa shape index (κ2) is 8.68. The minimum atomic E-state index is 0.656. The maximum Gasteiger partial charge on any atom is 0.0508 e. The number of nitrogens with one attached hydrogen (secondary N) is 1. The number of rotatable bonds is 7. The van der Waals surface area contributed by atoms with Crippen molar-refractivity contribution in [3.05, 3.63) is 11.8 Å². The quantitative estimate of drug-likeness (QED) is 0.769. The molecule has 2 aliphatic rings. The van der Waals surface area contributed by atoms with Gasteiger partial charge in [0, 0.05) is 18.8 Å². The summed E-state index contributed by atoms with van der Waals surface area (Å²) in [5.41, 5.74) is 5.19. The number of allylic oxidation sites excluding steroid dienone is 1. The summed E-state index contributed by atoms with van der Waals surface area (Å²) in [6.45, 7) is 9.48. The number of unbranched alkanes of at least 4 members (excludes halogenated alkanes) is 2. The Bertz CT molecular complexity index is 293. The molecular weight excluding hydrogens is 246 g/mol. The van der Waals surface area contributed by atoms with Crippen LogP contribution in [0.5, 0.6) is 0 Å². The third-order valence-electron chi connectivity index (χ3n) is 4.59. The van der Waals surface area contributed by atoms with Crippen LogP contribution in [0.1, 0.15) is 65.2 Å². The summed E-state index contributed by atoms with van der Waals surface area (Å²) in [6.07, 6.45) is 13.0. The highest BCUT2D eigenvalue weighted by Crippen LogP contribution is 2.26. The first kappa shape index (κ1) is 15.8. The third-order valence-corrected chi connectivity index (χ3v) is 4.59. The molecule has 1 saturated heterocycles. The molecule has 0 radical (unpaired) electrons. The van der Waals surface area contributed by atoms with Gasteiger partial charge in [-0.1, -0.05) is 32.8 Å². The summed E-state index contributed by atoms with van der Waals surface area (Å²) in [4.78, 5) is 2.77. The van der Waals surface area contributed by atoms with Gasteiger partial charge in [0.1, 0.15) is 0 Å². The van der Waals surface area contributed by atoms with E-state index < -0.39 is 0 Å². The summed E-state index contributed by atoms with van der Waals surface area (Å²) in [5, 5.41) is 2.45. The predicted octanol–water partition coefficient (Wildman–Crippen LogP) is 3.54. The van der Waals surface area contributed by atoms with Crippen molar-refractivity contribution in [3.63, 3.8) is 0 Å². The molecule has 0 bridgehead atoms. The van der Waals surface area contributed by atoms with Crippen LogP contribution in [0.2, 0.25) is 0 Å². The van der Waals surface area contributed by atoms with Crippen LogP contribution in [-0.2, 0) is 0 Å². The molecule has 0 spiro atoms. The molecule has 1 fully saturated rings. The number of fused-ring (bicyclic) bond motifs is 1. The Labute approximate surface area is 125 Å². The molecule has 3 heteroatoms. The van der Waals surface area contributed by atoms with E-state index in [0.29, 0.717) is 6.04 Å². The molecule has 1 N–H and O–H groups in total. The topological polar surface area (TPSA) is 18.5 Å². The molecule has 0 aliphatic carbocycles. The zero-order valence-electron chi connectivity index (χ0n) is 13.5. The fraction of sp³-hybridized carbons (Fsp3) is 0.882. The molecule has 0 saturated carbocycles. The Morgan fingerprint density at radius 2 is 1.95 bits per heavy atom. The van der Waals surface area contributed by atoms with Crippen molar-refractivity contribution in [2.75, 3.05) is 26.2 Å². The van der Waals surface area contributed by atoms with Crippen LogP contribution in [0.3, 0.4) is 0 Å². The standard InChI is InChI=1S/C17H33N3/c1-3-5-13-19(14-6-4-2)16-11-9-12-18-20-15-8-7-10-17(16)20/h10,16,18H,3-9,11-15H2,1-2H3. The lowest BCUT2D eigenvalue weighted by molar-refractivity contribution is 0.157. The van der Waals surface area contributed by atoms with E-state index in [2.05, 4.69) is 35.3 Å². The van der Waals surface area contributed by atoms with Crippen LogP contribution >= 0.6 is 0 Å². The molecule has 0 amide bonds. The monoisotopic (exact) mass is 279 g/mol. The van der Waals surface area contributed by atoms with E-state index in [1.807, 2.05) is 0 Å². The average Bonchev–Trinajstić information content (AvgIpc) is 2.70. The van der Waals surface area contributed by atoms with Crippen LogP contribution in [-0.4, -0.2) is 42.1 Å². The predicted molar refractivity (Wildman–Crippen MR) is 86.4 cm³/mol. The van der Waals surface area contributed by atoms with Gasteiger partial charge in [0.2, 0.25) is 0 Å². The van der Waals surface area contributed by atoms with Gasteiger partial charge >= 0.3 is 0 Å². The van der Waals surface area contributed by atoms with Crippen molar-refractivity contribution < 1.29 is 0 Å². The third kappa shape index (κ3) is 4.23. The van der Waals surface area contributed by atoms with Gasteiger partial charge in [0.15, 0.2) is 0 Å². The van der Waals surface area contributed by atoms with Crippen molar-refractivity contribution in [1.82, 2.24) is 15.3 Å². The summed E-state index contributed by atoms with van der Waals surface area (Å²) in [6, 6.07) is 0.656. The minimum Gasteiger partial charge on any atom is -0.311 e. The van der Waals surface area contributed by atoms with Gasteiger partial charge in [-0.2, -0.15) is 0 Å². The van der Waals surface area contributed by atoms with Gasteiger partial charge in [-0.25, -0.2) is 5.43 Å². The second-order valence-electron chi connectivity index (χ2n) is 6.23. The highest BCUT2D eigenvalue weighted by atomic mass is 15.5. The maximum atomic E-state index is 3.62. The van der Waals surface area contributed by atoms with Gasteiger partial charge in [-0.15, -0.1) is 0 Å². The molecule has 2 rings (SSSR count). The zero-order chi connectivity index (χ0) is 14.2. The van der Waals surface area contributed by atoms with Crippen molar-refractivity contribution in [1.29, 1.82) is 0 Å². The lowest BCUT2D eigenvalue weighted by Crippen LogP contribution is -2.46. The van der Waals surface area contributed by atoms with E-state index in [9.17, 15) is 0 Å². The summed E-state index contributed by atoms with van der Waals surface area (Å²) >= 11 is 0. The Balaban J connectivity index is 2.08. The fourth-order valence-electron chi connectivity index (χ4n) is 3.40. The normalized spacial score (nSPS) is 23.4. The fourth-order valence-corrected chi connectivity index (χ4v) is 3.40. The molecule has 20 heavy (non-hydrogen) atoms. The second-order valence-corrected chi connectivity index (χ2v) is 6.23. The summed E-state index contributed by atoms with van der Waals surface area (Å²) < 4.78 is 0. The van der Waals surface area contributed by atoms with Crippen LogP contribution in [0.25, 0.3) is 0 Å². The van der Waals surface area contributed by atoms with Gasteiger partial charge in [-0.3, -0.25) is 4.90 Å². The van der Waals surface area contributed by atoms with Crippen molar-refractivity contribution in [3.8, 4) is 0 Å². The van der Waals surface area contributed by atoms with E-state index >= 15 is 0 Å². The molecule has 2 aliphatic heterocycles. The Hall–Kier alpha value is -0.540. The van der Waals surface area contributed by atoms with E-state index in [1.54, 1.807) is 5.70 Å². The zero-order valence-corrected chi connectivity index (χ0v) is 13.5. The number of hydrogen-bond donors (Lipinski definition) is 1. The first-order valence-corrected chi connectivity index (χ1v) is 8.82. The molecule has 1 unspecified atom stereocenters. The largest absolute Gasteiger partial charge is 0.311 e. The van der Waals surface area contributed by atoms with Crippen molar-refractivity contribution in [2.24, 2.45) is 0 Å². The molecule has 116 valence electrons. The smallest absolute Gasteiger partial charge is 0.0508 e. The highest BCUT2D eigenvalue weighted by molar-refractivity contribution is 5.13. The molecular formula is C17H33N3. The van der Waals surface area contributed by atoms with Gasteiger partial charge in [0.25, 0.3) is 0 Å². The van der Waals surface area contributed by atoms with E-state index in [1.165, 1.54) is 71.0 Å². The minimum absolute atomic E-state index is 0.656. The highest BCUT2D eigenvalue weighted by Gasteiger charge is 2.28. The molecule has 1 atom stereocenters. The lowest BCUT2D eigenvalue weighted by atomic mass is 10.0. The number of hydrogen-bond acceptors (Lipinski definition) is 3. The van der Waals surface area contributed by atoms with E-state index in [0.717, 1.165) is 6.54 Å². The van der Waals surface area contributed by atoms with Gasteiger partial charge in [0.05, 0.1) is 6.04 Å². The molecule has 0 aromatic heterocycles. The van der Waals surface area contributed by atoms with E-state index in [4.69, 9.17) is 0 Å². The molecule has 0 aromatic rings. The van der Waals surface area contributed by atoms with Crippen LogP contribution in [0.15, 0.2) is 11.8 Å². The lowest BCUT2D eigenvalue weighted by Gasteiger charge is -2.38. The Kier molecular flexibility index (Phi) is 6.88. The number of hydrazine groups is 1. The van der Waals surface area contributed by atoms with Gasteiger partial charge < -0.3 is 5.01 Å². The SMILES string of the molecule is CCCCN(CCCC)C1CCCNN2CCCC=C12. The molecule has 2 heterocycles. The van der Waals surface area contributed by atoms with Crippen molar-refractivity contribution in [2.45, 2.75) is 71.3 Å². The van der Waals surface area contributed by atoms with E-state index in [-0.39, 0.29) is 0 Å². The number of nitrogens with zero attached hydrogens (tertiary/aromatic N) is 2. The summed E-state index contributed by atoms with van der Waals surface area (Å²) in [5.74, 6) is 0. The average molecular weight is 279 g/mol. The molecule has 0 aromatic carbocycles. The van der Waals surface area contributed by atoms with Crippen LogP contribution < -0.4 is 5.43 Å². The first-order valence-electron chi connectivity index (χ1n) is 8.82. The maximum absolute atomic E-state index is 3.62. The van der Waals surface area contributed by atoms with Gasteiger partial charge in [-0.05, 0) is 51.6 Å². The first-order chi connectivity index (χ1) is 9.86. The summed E-state index contributed by atoms with van der Waals surface area (Å²) in [7, 11) is 0. The Morgan fingerprint density at radius 3 is 2.65 bits per heavy atom. The van der Waals surface area contributed by atoms with Crippen molar-refractivity contribution >= 4 is 0 Å². The van der Waals surface area contributed by atoms with Crippen LogP contribution in [0, 0.1) is 0 Å². The van der Waals surface area contributed by atoms with Crippen LogP contribution in [0.4, 0.5) is 0 Å². The molecule has 3 nitrogen and oxygen atoms in total. The Morgan fingerprint density at radius 1 is 1.20 bits per heavy atom.